The molecule has 3 aromatic carbocycles. The Morgan fingerprint density at radius 3 is 2.54 bits per heavy atom. The molecule has 0 aliphatic carbocycles. The number of amides is 1. The van der Waals surface area contributed by atoms with Crippen LogP contribution in [0.25, 0.3) is 5.76 Å². The van der Waals surface area contributed by atoms with Gasteiger partial charge in [-0.15, -0.1) is 0 Å². The number of ether oxygens (including phenoxy) is 2. The number of hydrogen-bond acceptors (Lipinski definition) is 5. The molecule has 2 aliphatic heterocycles. The fourth-order valence-corrected chi connectivity index (χ4v) is 4.98. The zero-order valence-electron chi connectivity index (χ0n) is 21.1. The topological polar surface area (TPSA) is 76.1 Å². The first kappa shape index (κ1) is 24.6. The quantitative estimate of drug-likeness (QED) is 0.184. The lowest BCUT2D eigenvalue weighted by molar-refractivity contribution is -0.140. The highest BCUT2D eigenvalue weighted by molar-refractivity contribution is 6.46. The molecule has 0 bridgehead atoms. The van der Waals surface area contributed by atoms with Gasteiger partial charge in [0.2, 0.25) is 0 Å². The monoisotopic (exact) mass is 497 g/mol. The van der Waals surface area contributed by atoms with Crippen molar-refractivity contribution >= 4 is 17.4 Å². The molecule has 2 aliphatic rings. The second kappa shape index (κ2) is 10.5. The van der Waals surface area contributed by atoms with Crippen molar-refractivity contribution in [1.29, 1.82) is 0 Å². The molecule has 0 radical (unpaired) electrons. The maximum Gasteiger partial charge on any atom is 0.295 e. The van der Waals surface area contributed by atoms with Gasteiger partial charge in [-0.3, -0.25) is 9.59 Å². The van der Waals surface area contributed by atoms with Gasteiger partial charge in [-0.25, -0.2) is 0 Å². The van der Waals surface area contributed by atoms with Gasteiger partial charge >= 0.3 is 0 Å². The predicted molar refractivity (Wildman–Crippen MR) is 141 cm³/mol. The molecule has 1 fully saturated rings. The van der Waals surface area contributed by atoms with Crippen LogP contribution in [-0.2, 0) is 22.6 Å². The average Bonchev–Trinajstić information content (AvgIpc) is 3.40. The van der Waals surface area contributed by atoms with Crippen LogP contribution in [0.3, 0.4) is 0 Å². The zero-order chi connectivity index (χ0) is 25.9. The van der Waals surface area contributed by atoms with Crippen molar-refractivity contribution in [2.75, 3.05) is 6.61 Å². The van der Waals surface area contributed by atoms with Crippen LogP contribution in [0.15, 0.2) is 78.4 Å². The summed E-state index contributed by atoms with van der Waals surface area (Å²) in [6, 6.07) is 21.6. The normalized spacial score (nSPS) is 20.1. The SMILES string of the molecule is CCCCOc1ccc([C@H]2C(=C(O)c3ccc4c(c3)C[C@@H](C)O4)C(=O)C(=O)N2Cc2ccccc2)cc1. The molecule has 1 amide bonds. The van der Waals surface area contributed by atoms with E-state index in [4.69, 9.17) is 9.47 Å². The summed E-state index contributed by atoms with van der Waals surface area (Å²) < 4.78 is 11.6. The van der Waals surface area contributed by atoms with Crippen molar-refractivity contribution in [2.45, 2.75) is 51.8 Å². The molecule has 1 saturated heterocycles. The molecule has 0 unspecified atom stereocenters. The van der Waals surface area contributed by atoms with Gasteiger partial charge in [-0.1, -0.05) is 55.8 Å². The number of ketones is 1. The number of carbonyl (C=O) groups excluding carboxylic acids is 2. The molecule has 0 saturated carbocycles. The van der Waals surface area contributed by atoms with E-state index in [9.17, 15) is 14.7 Å². The number of hydrogen-bond donors (Lipinski definition) is 1. The van der Waals surface area contributed by atoms with Crippen LogP contribution in [0, 0.1) is 0 Å². The third-order valence-corrected chi connectivity index (χ3v) is 6.87. The van der Waals surface area contributed by atoms with Gasteiger partial charge < -0.3 is 19.5 Å². The van der Waals surface area contributed by atoms with Gasteiger partial charge in [-0.2, -0.15) is 0 Å². The van der Waals surface area contributed by atoms with E-state index in [0.29, 0.717) is 12.2 Å². The van der Waals surface area contributed by atoms with Crippen molar-refractivity contribution in [3.63, 3.8) is 0 Å². The van der Waals surface area contributed by atoms with Crippen LogP contribution in [0.2, 0.25) is 0 Å². The van der Waals surface area contributed by atoms with Crippen molar-refractivity contribution in [1.82, 2.24) is 4.90 Å². The molecule has 6 nitrogen and oxygen atoms in total. The molecule has 3 aromatic rings. The third-order valence-electron chi connectivity index (χ3n) is 6.87. The standard InChI is InChI=1S/C31H31NO5/c1-3-4-16-36-25-13-10-22(11-14-25)28-27(29(33)23-12-15-26-24(18-23)17-20(2)37-26)30(34)31(35)32(28)19-21-8-6-5-7-9-21/h5-15,18,20,28,33H,3-4,16-17,19H2,1-2H3/t20-,28+/m1/s1. The molecular weight excluding hydrogens is 466 g/mol. The van der Waals surface area contributed by atoms with E-state index in [1.165, 1.54) is 4.90 Å². The number of unbranched alkanes of at least 4 members (excludes halogenated alkanes) is 1. The minimum atomic E-state index is -0.728. The van der Waals surface area contributed by atoms with Crippen LogP contribution in [-0.4, -0.2) is 34.4 Å². The van der Waals surface area contributed by atoms with E-state index < -0.39 is 17.7 Å². The maximum atomic E-state index is 13.4. The second-order valence-electron chi connectivity index (χ2n) is 9.64. The number of rotatable bonds is 8. The second-order valence-corrected chi connectivity index (χ2v) is 9.64. The molecule has 37 heavy (non-hydrogen) atoms. The minimum absolute atomic E-state index is 0.0573. The van der Waals surface area contributed by atoms with E-state index in [1.54, 1.807) is 6.07 Å². The van der Waals surface area contributed by atoms with Crippen LogP contribution < -0.4 is 9.47 Å². The molecule has 0 aromatic heterocycles. The Kier molecular flexibility index (Phi) is 6.99. The van der Waals surface area contributed by atoms with E-state index in [2.05, 4.69) is 6.92 Å². The van der Waals surface area contributed by atoms with Crippen molar-refractivity contribution < 1.29 is 24.2 Å². The summed E-state index contributed by atoms with van der Waals surface area (Å²) in [4.78, 5) is 28.2. The number of carbonyl (C=O) groups is 2. The van der Waals surface area contributed by atoms with Crippen molar-refractivity contribution in [2.24, 2.45) is 0 Å². The number of nitrogens with zero attached hydrogens (tertiary/aromatic N) is 1. The Balaban J connectivity index is 1.56. The number of aliphatic hydroxyl groups excluding tert-OH is 1. The summed E-state index contributed by atoms with van der Waals surface area (Å²) in [5.74, 6) is 0.0156. The average molecular weight is 498 g/mol. The molecule has 5 rings (SSSR count). The highest BCUT2D eigenvalue weighted by atomic mass is 16.5. The summed E-state index contributed by atoms with van der Waals surface area (Å²) in [6.45, 7) is 4.97. The van der Waals surface area contributed by atoms with E-state index in [0.717, 1.165) is 47.5 Å². The first-order valence-corrected chi connectivity index (χ1v) is 12.8. The van der Waals surface area contributed by atoms with E-state index in [-0.39, 0.29) is 24.0 Å². The van der Waals surface area contributed by atoms with Crippen LogP contribution >= 0.6 is 0 Å². The van der Waals surface area contributed by atoms with Crippen LogP contribution in [0.4, 0.5) is 0 Å². The number of benzene rings is 3. The lowest BCUT2D eigenvalue weighted by Gasteiger charge is -2.25. The van der Waals surface area contributed by atoms with Crippen molar-refractivity contribution in [3.05, 3.63) is 101 Å². The Morgan fingerprint density at radius 1 is 1.05 bits per heavy atom. The molecule has 1 N–H and O–H groups in total. The molecule has 0 spiro atoms. The van der Waals surface area contributed by atoms with Gasteiger partial charge in [0.05, 0.1) is 18.2 Å². The Labute approximate surface area is 217 Å². The number of Topliss-reactive ketones (excluding diaryl/α,β-unsaturated/α-hetero) is 1. The summed E-state index contributed by atoms with van der Waals surface area (Å²) in [5.41, 5.74) is 3.20. The van der Waals surface area contributed by atoms with Gasteiger partial charge in [-0.05, 0) is 60.4 Å². The number of fused-ring (bicyclic) bond motifs is 1. The molecule has 6 heteroatoms. The fourth-order valence-electron chi connectivity index (χ4n) is 4.98. The van der Waals surface area contributed by atoms with E-state index in [1.807, 2.05) is 73.7 Å². The van der Waals surface area contributed by atoms with Crippen LogP contribution in [0.5, 0.6) is 11.5 Å². The number of likely N-dealkylation sites (tertiary alicyclic amines) is 1. The first-order chi connectivity index (χ1) is 18.0. The Hall–Kier alpha value is -4.06. The smallest absolute Gasteiger partial charge is 0.295 e. The minimum Gasteiger partial charge on any atom is -0.507 e. The largest absolute Gasteiger partial charge is 0.507 e. The van der Waals surface area contributed by atoms with Gasteiger partial charge in [0.15, 0.2) is 0 Å². The highest BCUT2D eigenvalue weighted by Crippen LogP contribution is 2.41. The summed E-state index contributed by atoms with van der Waals surface area (Å²) in [6.07, 6.45) is 2.78. The molecular formula is C31H31NO5. The molecule has 2 atom stereocenters. The lowest BCUT2D eigenvalue weighted by Crippen LogP contribution is -2.29. The molecule has 190 valence electrons. The number of aliphatic hydroxyl groups is 1. The fraction of sp³-hybridized carbons (Fsp3) is 0.290. The van der Waals surface area contributed by atoms with E-state index >= 15 is 0 Å². The molecule has 2 heterocycles. The summed E-state index contributed by atoms with van der Waals surface area (Å²) in [7, 11) is 0. The highest BCUT2D eigenvalue weighted by Gasteiger charge is 2.46. The lowest BCUT2D eigenvalue weighted by atomic mass is 9.94. The first-order valence-electron chi connectivity index (χ1n) is 12.8. The van der Waals surface area contributed by atoms with Crippen molar-refractivity contribution in [3.8, 4) is 11.5 Å². The maximum absolute atomic E-state index is 13.4. The van der Waals surface area contributed by atoms with Crippen LogP contribution in [0.1, 0.15) is 55.0 Å². The van der Waals surface area contributed by atoms with Gasteiger partial charge in [0.25, 0.3) is 11.7 Å². The summed E-state index contributed by atoms with van der Waals surface area (Å²) >= 11 is 0. The Morgan fingerprint density at radius 2 is 1.81 bits per heavy atom. The third kappa shape index (κ3) is 4.96. The predicted octanol–water partition coefficient (Wildman–Crippen LogP) is 5.81. The van der Waals surface area contributed by atoms with Gasteiger partial charge in [0, 0.05) is 18.5 Å². The Bertz CT molecular complexity index is 1330. The van der Waals surface area contributed by atoms with Gasteiger partial charge in [0.1, 0.15) is 23.4 Å². The summed E-state index contributed by atoms with van der Waals surface area (Å²) in [5, 5.41) is 11.4. The zero-order valence-corrected chi connectivity index (χ0v) is 21.1.